The van der Waals surface area contributed by atoms with E-state index in [4.69, 9.17) is 58.8 Å². The van der Waals surface area contributed by atoms with E-state index in [0.29, 0.717) is 43.4 Å². The van der Waals surface area contributed by atoms with E-state index < -0.39 is 108 Å². The molecule has 12 bridgehead atoms. The molecule has 1 aromatic rings. The lowest BCUT2D eigenvalue weighted by molar-refractivity contribution is -0.292. The Morgan fingerprint density at radius 2 is 1.49 bits per heavy atom. The van der Waals surface area contributed by atoms with Crippen molar-refractivity contribution >= 4 is 41.1 Å². The standard InChI is InChI=1S/C61H88N6O17/c1-29-19-38-13-15-43-30(2)20-40(77-43)17-18-61-26-48-52(83-61)53-54(82-48)55(84-61)51-44(81-53)16-14-39(79-51)21-36(68)22-41-46(25-45(78-38)31(29)3)80-47(50(41)75-8)23-37(69)27-64-60(6,7)59(74)76-28-34-9-11-35(12-10-34)66-58(73)42(24-49(63)70)67-57(72)33(5)65-56(71)32(4)62/h9-12,29,32-33,37-48,50-55,64,69H,2-3,13-28,62H2,1,4-8H3,(H2,63,70)(H,65,71)(H,66,73)(H,67,72)/t29-,32+,33+,37+,38+,39-,40+,41+,42+,43+,44+,45-,46?,47-,48-,50-,51+,52-,53?,54-,55+,61+/m1/s1. The monoisotopic (exact) mass is 1180 g/mol. The molecule has 10 aliphatic rings. The third-order valence-electron chi connectivity index (χ3n) is 18.8. The Morgan fingerprint density at radius 3 is 2.23 bits per heavy atom. The van der Waals surface area contributed by atoms with Gasteiger partial charge in [-0.05, 0) is 107 Å². The van der Waals surface area contributed by atoms with Crippen LogP contribution in [0.2, 0.25) is 0 Å². The molecule has 10 fully saturated rings. The molecule has 23 nitrogen and oxygen atoms in total. The fourth-order valence-electron chi connectivity index (χ4n) is 14.1. The van der Waals surface area contributed by atoms with E-state index in [2.05, 4.69) is 41.3 Å². The largest absolute Gasteiger partial charge is 0.459 e. The first-order chi connectivity index (χ1) is 39.9. The highest BCUT2D eigenvalue weighted by Crippen LogP contribution is 2.54. The number of nitrogens with one attached hydrogen (secondary N) is 4. The number of hydrogen-bond donors (Lipinski definition) is 7. The Morgan fingerprint density at radius 1 is 0.786 bits per heavy atom. The Balaban J connectivity index is 0.763. The number of primary amides is 1. The highest BCUT2D eigenvalue weighted by Gasteiger charge is 2.69. The summed E-state index contributed by atoms with van der Waals surface area (Å²) in [5.41, 5.74) is 12.7. The summed E-state index contributed by atoms with van der Waals surface area (Å²) in [6, 6.07) is 3.12. The highest BCUT2D eigenvalue weighted by atomic mass is 16.8. The molecule has 9 N–H and O–H groups in total. The highest BCUT2D eigenvalue weighted by molar-refractivity contribution is 6.00. The summed E-state index contributed by atoms with van der Waals surface area (Å²) in [6.45, 7) is 17.2. The summed E-state index contributed by atoms with van der Waals surface area (Å²) in [5.74, 6) is -4.50. The molecular weight excluding hydrogens is 1090 g/mol. The number of rotatable bonds is 17. The number of aliphatic hydroxyl groups excluding tert-OH is 1. The van der Waals surface area contributed by atoms with Gasteiger partial charge in [-0.15, -0.1) is 0 Å². The van der Waals surface area contributed by atoms with Crippen molar-refractivity contribution in [1.82, 2.24) is 16.0 Å². The normalized spacial score (nSPS) is 37.9. The second-order valence-electron chi connectivity index (χ2n) is 25.7. The van der Waals surface area contributed by atoms with Gasteiger partial charge in [-0.2, -0.15) is 0 Å². The van der Waals surface area contributed by atoms with Gasteiger partial charge in [-0.25, -0.2) is 0 Å². The summed E-state index contributed by atoms with van der Waals surface area (Å²) in [4.78, 5) is 77.8. The van der Waals surface area contributed by atoms with Crippen LogP contribution in [0.1, 0.15) is 130 Å². The van der Waals surface area contributed by atoms with Gasteiger partial charge in [0, 0.05) is 63.8 Å². The number of fused-ring (bicyclic) bond motifs is 6. The number of nitrogens with two attached hydrogens (primary N) is 2. The van der Waals surface area contributed by atoms with Crippen molar-refractivity contribution in [1.29, 1.82) is 0 Å². The van der Waals surface area contributed by atoms with Crippen LogP contribution in [-0.4, -0.2) is 181 Å². The molecule has 0 aliphatic carbocycles. The summed E-state index contributed by atoms with van der Waals surface area (Å²) in [6.07, 6.45) is 1.35. The maximum atomic E-state index is 14.5. The fourth-order valence-corrected chi connectivity index (χ4v) is 14.1. The zero-order chi connectivity index (χ0) is 59.9. The molecular formula is C61H88N6O17. The molecule has 10 heterocycles. The van der Waals surface area contributed by atoms with Crippen molar-refractivity contribution in [2.24, 2.45) is 23.3 Å². The van der Waals surface area contributed by atoms with E-state index in [1.165, 1.54) is 13.8 Å². The zero-order valence-electron chi connectivity index (χ0n) is 49.3. The Hall–Kier alpha value is -4.76. The van der Waals surface area contributed by atoms with Crippen LogP contribution >= 0.6 is 0 Å². The first-order valence-electron chi connectivity index (χ1n) is 30.3. The molecule has 22 atom stereocenters. The van der Waals surface area contributed by atoms with Crippen LogP contribution in [0.4, 0.5) is 5.69 Å². The number of Topliss-reactive ketones (excluding diaryl/α,β-unsaturated/α-hetero) is 1. The molecule has 0 saturated carbocycles. The minimum absolute atomic E-state index is 0.00483. The van der Waals surface area contributed by atoms with Gasteiger partial charge in [0.2, 0.25) is 23.6 Å². The van der Waals surface area contributed by atoms with Crippen LogP contribution in [0.5, 0.6) is 0 Å². The second-order valence-corrected chi connectivity index (χ2v) is 25.7. The number of aliphatic hydroxyl groups is 1. The van der Waals surface area contributed by atoms with E-state index in [1.807, 2.05) is 0 Å². The number of anilines is 1. The van der Waals surface area contributed by atoms with Gasteiger partial charge < -0.3 is 79.9 Å². The van der Waals surface area contributed by atoms with Crippen LogP contribution in [0.15, 0.2) is 48.6 Å². The third kappa shape index (κ3) is 14.0. The van der Waals surface area contributed by atoms with E-state index in [1.54, 1.807) is 45.2 Å². The average molecular weight is 1180 g/mol. The number of benzene rings is 1. The van der Waals surface area contributed by atoms with Crippen molar-refractivity contribution < 1.29 is 81.2 Å². The second kappa shape index (κ2) is 25.9. The number of β-amino-alcohol motifs (C(OH)–C–C–N with tert-alkyl or cyclic N) is 1. The van der Waals surface area contributed by atoms with Gasteiger partial charge in [0.25, 0.3) is 0 Å². The fraction of sp³-hybridized carbons (Fsp3) is 0.738. The van der Waals surface area contributed by atoms with Gasteiger partial charge in [0.15, 0.2) is 5.79 Å². The smallest absolute Gasteiger partial charge is 0.326 e. The number of amides is 4. The molecule has 464 valence electrons. The van der Waals surface area contributed by atoms with E-state index in [-0.39, 0.29) is 105 Å². The van der Waals surface area contributed by atoms with E-state index in [9.17, 15) is 33.9 Å². The number of methoxy groups -OCH3 is 1. The van der Waals surface area contributed by atoms with E-state index in [0.717, 1.165) is 43.3 Å². The van der Waals surface area contributed by atoms with Gasteiger partial charge in [0.05, 0.1) is 79.6 Å². The molecule has 11 rings (SSSR count). The van der Waals surface area contributed by atoms with Crippen molar-refractivity contribution in [3.05, 3.63) is 54.1 Å². The number of esters is 1. The van der Waals surface area contributed by atoms with E-state index >= 15 is 0 Å². The van der Waals surface area contributed by atoms with Gasteiger partial charge in [-0.3, -0.25) is 34.1 Å². The maximum absolute atomic E-state index is 14.5. The minimum Gasteiger partial charge on any atom is -0.459 e. The topological polar surface area (TPSA) is 315 Å². The predicted molar refractivity (Wildman–Crippen MR) is 301 cm³/mol. The first kappa shape index (κ1) is 62.3. The number of ketones is 1. The van der Waals surface area contributed by atoms with Crippen molar-refractivity contribution in [2.75, 3.05) is 19.0 Å². The van der Waals surface area contributed by atoms with Gasteiger partial charge in [-0.1, -0.05) is 32.2 Å². The number of carbonyl (C=O) groups is 6. The van der Waals surface area contributed by atoms with Crippen LogP contribution in [-0.2, 0) is 82.7 Å². The van der Waals surface area contributed by atoms with Crippen LogP contribution in [0.3, 0.4) is 0 Å². The van der Waals surface area contributed by atoms with Crippen molar-refractivity contribution in [3.8, 4) is 0 Å². The quantitative estimate of drug-likeness (QED) is 0.0871. The summed E-state index contributed by atoms with van der Waals surface area (Å²) in [5, 5.41) is 22.4. The molecule has 2 unspecified atom stereocenters. The summed E-state index contributed by atoms with van der Waals surface area (Å²) >= 11 is 0. The SMILES string of the molecule is C=C1C[C@@H]2CC[C@@]34C[C@H]5O[C@@H]6C(O[C@H]7CC[C@H](CC(=O)C[C@H]8C(C[C@H]9O[C@@H](CC[C@@H]1O2)C[C@@H](C)C9=C)O[C@H](C[C@H](O)CNC(C)(C)C(=O)OCc1ccc(NC(=O)[C@H](CC(N)=O)NC(=O)[C@H](C)NC(=O)[C@H](C)N)cc1)[C@@H]8OC)O[C@@H]7[C@@H]6O3)[C@@H]5O4. The van der Waals surface area contributed by atoms with Crippen LogP contribution in [0, 0.1) is 11.8 Å². The molecule has 4 amide bonds. The Kier molecular flexibility index (Phi) is 19.2. The van der Waals surface area contributed by atoms with Crippen molar-refractivity contribution in [2.45, 2.75) is 258 Å². The van der Waals surface area contributed by atoms with Crippen molar-refractivity contribution in [3.63, 3.8) is 0 Å². The molecule has 0 aromatic heterocycles. The third-order valence-corrected chi connectivity index (χ3v) is 18.8. The first-order valence-corrected chi connectivity index (χ1v) is 30.3. The van der Waals surface area contributed by atoms with Crippen LogP contribution in [0.25, 0.3) is 0 Å². The molecule has 10 saturated heterocycles. The lowest BCUT2D eigenvalue weighted by Crippen LogP contribution is -2.61. The Labute approximate surface area is 491 Å². The van der Waals surface area contributed by atoms with Gasteiger partial charge >= 0.3 is 5.97 Å². The minimum atomic E-state index is -1.34. The zero-order valence-corrected chi connectivity index (χ0v) is 49.3. The summed E-state index contributed by atoms with van der Waals surface area (Å²) in [7, 11) is 1.60. The summed E-state index contributed by atoms with van der Waals surface area (Å²) < 4.78 is 66.6. The molecule has 0 radical (unpaired) electrons. The number of ether oxygens (including phenoxy) is 10. The van der Waals surface area contributed by atoms with Gasteiger partial charge in [0.1, 0.15) is 60.5 Å². The number of carbonyl (C=O) groups excluding carboxylic acids is 6. The number of hydrogen-bond acceptors (Lipinski definition) is 19. The predicted octanol–water partition coefficient (Wildman–Crippen LogP) is 2.74. The molecule has 23 heteroatoms. The van der Waals surface area contributed by atoms with Crippen LogP contribution < -0.4 is 32.7 Å². The maximum Gasteiger partial charge on any atom is 0.326 e. The molecule has 84 heavy (non-hydrogen) atoms. The average Bonchev–Trinajstić information content (AvgIpc) is 1.58. The molecule has 1 aromatic carbocycles. The lowest BCUT2D eigenvalue weighted by Gasteiger charge is -2.47. The molecule has 10 aliphatic heterocycles. The Bertz CT molecular complexity index is 2620. The molecule has 1 spiro atoms. The lowest BCUT2D eigenvalue weighted by atomic mass is 9.81.